The van der Waals surface area contributed by atoms with E-state index in [-0.39, 0.29) is 17.1 Å². The van der Waals surface area contributed by atoms with Gasteiger partial charge in [0.25, 0.3) is 0 Å². The summed E-state index contributed by atoms with van der Waals surface area (Å²) in [7, 11) is 0. The van der Waals surface area contributed by atoms with Crippen molar-refractivity contribution in [2.45, 2.75) is 24.1 Å². The molecule has 1 amide bonds. The lowest BCUT2D eigenvalue weighted by molar-refractivity contribution is -0.121. The Labute approximate surface area is 128 Å². The second-order valence-electron chi connectivity index (χ2n) is 5.44. The number of hydrogen-bond acceptors (Lipinski definition) is 4. The maximum Gasteiger partial charge on any atom is 0.238 e. The van der Waals surface area contributed by atoms with Gasteiger partial charge in [-0.25, -0.2) is 0 Å². The van der Waals surface area contributed by atoms with Crippen LogP contribution in [-0.2, 0) is 16.0 Å². The topological polar surface area (TPSA) is 62.1 Å². The molecule has 110 valence electrons. The van der Waals surface area contributed by atoms with Gasteiger partial charge in [0, 0.05) is 12.5 Å². The van der Waals surface area contributed by atoms with E-state index in [2.05, 4.69) is 17.5 Å². The number of carbonyl (C=O) groups excluding carboxylic acids is 1. The molecule has 3 rings (SSSR count). The van der Waals surface area contributed by atoms with Gasteiger partial charge in [-0.3, -0.25) is 4.79 Å². The van der Waals surface area contributed by atoms with Crippen molar-refractivity contribution in [3.63, 3.8) is 0 Å². The number of thioether (sulfide) groups is 1. The molecule has 2 aliphatic heterocycles. The van der Waals surface area contributed by atoms with Crippen molar-refractivity contribution in [1.82, 2.24) is 5.32 Å². The number of fused-ring (bicyclic) bond motifs is 1. The second kappa shape index (κ2) is 6.50. The smallest absolute Gasteiger partial charge is 0.238 e. The first-order valence-corrected chi connectivity index (χ1v) is 8.31. The number of nitrogens with one attached hydrogen (secondary N) is 1. The van der Waals surface area contributed by atoms with E-state index < -0.39 is 6.04 Å². The van der Waals surface area contributed by atoms with Gasteiger partial charge >= 0.3 is 0 Å². The fourth-order valence-electron chi connectivity index (χ4n) is 2.91. The van der Waals surface area contributed by atoms with E-state index in [4.69, 9.17) is 4.74 Å². The molecule has 3 unspecified atom stereocenters. The van der Waals surface area contributed by atoms with Gasteiger partial charge in [-0.05, 0) is 29.7 Å². The highest BCUT2D eigenvalue weighted by Crippen LogP contribution is 2.37. The zero-order valence-corrected chi connectivity index (χ0v) is 12.6. The first-order chi connectivity index (χ1) is 10.3. The lowest BCUT2D eigenvalue weighted by atomic mass is 9.98. The average Bonchev–Trinajstić information content (AvgIpc) is 3.06. The highest BCUT2D eigenvalue weighted by atomic mass is 32.2. The Morgan fingerprint density at radius 3 is 3.10 bits per heavy atom. The Morgan fingerprint density at radius 1 is 1.48 bits per heavy atom. The SMILES string of the molecule is N#CC(NC(=O)C1SCCc2ccccc21)C1CCOC1. The number of nitrogens with zero attached hydrogens (tertiary/aromatic N) is 1. The van der Waals surface area contributed by atoms with Gasteiger partial charge in [-0.2, -0.15) is 5.26 Å². The first kappa shape index (κ1) is 14.4. The molecule has 1 aromatic carbocycles. The maximum absolute atomic E-state index is 12.6. The van der Waals surface area contributed by atoms with Crippen LogP contribution < -0.4 is 5.32 Å². The van der Waals surface area contributed by atoms with E-state index in [1.165, 1.54) is 5.56 Å². The minimum absolute atomic E-state index is 0.0504. The van der Waals surface area contributed by atoms with Crippen LogP contribution in [0.3, 0.4) is 0 Å². The summed E-state index contributed by atoms with van der Waals surface area (Å²) in [5, 5.41) is 12.0. The van der Waals surface area contributed by atoms with Crippen molar-refractivity contribution in [1.29, 1.82) is 5.26 Å². The van der Waals surface area contributed by atoms with Gasteiger partial charge < -0.3 is 10.1 Å². The molecule has 0 aromatic heterocycles. The Balaban J connectivity index is 1.72. The molecule has 2 aliphatic rings. The fraction of sp³-hybridized carbons (Fsp3) is 0.500. The van der Waals surface area contributed by atoms with E-state index in [1.807, 2.05) is 18.2 Å². The van der Waals surface area contributed by atoms with Gasteiger partial charge in [-0.15, -0.1) is 11.8 Å². The van der Waals surface area contributed by atoms with Crippen LogP contribution in [0.25, 0.3) is 0 Å². The number of rotatable bonds is 3. The predicted octanol–water partition coefficient (Wildman–Crippen LogP) is 2.06. The molecule has 0 saturated carbocycles. The number of carbonyl (C=O) groups is 1. The van der Waals surface area contributed by atoms with Crippen molar-refractivity contribution in [2.75, 3.05) is 19.0 Å². The summed E-state index contributed by atoms with van der Waals surface area (Å²) in [4.78, 5) is 12.6. The second-order valence-corrected chi connectivity index (χ2v) is 6.65. The number of ether oxygens (including phenoxy) is 1. The Bertz CT molecular complexity index is 564. The minimum atomic E-state index is -0.449. The fourth-order valence-corrected chi connectivity index (χ4v) is 4.11. The molecule has 21 heavy (non-hydrogen) atoms. The normalized spacial score (nSPS) is 25.7. The molecular formula is C16H18N2O2S. The molecule has 2 heterocycles. The summed E-state index contributed by atoms with van der Waals surface area (Å²) in [5.41, 5.74) is 2.33. The molecule has 4 nitrogen and oxygen atoms in total. The van der Waals surface area contributed by atoms with Gasteiger partial charge in [-0.1, -0.05) is 24.3 Å². The summed E-state index contributed by atoms with van der Waals surface area (Å²) >= 11 is 1.66. The quantitative estimate of drug-likeness (QED) is 0.928. The van der Waals surface area contributed by atoms with Gasteiger partial charge in [0.15, 0.2) is 0 Å². The lowest BCUT2D eigenvalue weighted by Crippen LogP contribution is -2.42. The molecule has 0 bridgehead atoms. The molecule has 3 atom stereocenters. The van der Waals surface area contributed by atoms with Crippen molar-refractivity contribution < 1.29 is 9.53 Å². The first-order valence-electron chi connectivity index (χ1n) is 7.26. The van der Waals surface area contributed by atoms with Crippen LogP contribution in [-0.4, -0.2) is 30.9 Å². The van der Waals surface area contributed by atoms with Crippen molar-refractivity contribution >= 4 is 17.7 Å². The van der Waals surface area contributed by atoms with E-state index in [9.17, 15) is 10.1 Å². The molecule has 0 spiro atoms. The summed E-state index contributed by atoms with van der Waals surface area (Å²) in [6.07, 6.45) is 1.84. The molecule has 5 heteroatoms. The van der Waals surface area contributed by atoms with Crippen LogP contribution in [0.2, 0.25) is 0 Å². The molecule has 0 radical (unpaired) electrons. The van der Waals surface area contributed by atoms with Crippen molar-refractivity contribution in [3.8, 4) is 6.07 Å². The third-order valence-electron chi connectivity index (χ3n) is 4.10. The van der Waals surface area contributed by atoms with Crippen LogP contribution in [0.1, 0.15) is 22.8 Å². The summed E-state index contributed by atoms with van der Waals surface area (Å²) in [6.45, 7) is 1.24. The standard InChI is InChI=1S/C16H18N2O2S/c17-9-14(12-5-7-20-10-12)18-16(19)15-13-4-2-1-3-11(13)6-8-21-15/h1-4,12,14-15H,5-8,10H2,(H,18,19). The zero-order valence-electron chi connectivity index (χ0n) is 11.7. The van der Waals surface area contributed by atoms with Crippen molar-refractivity contribution in [2.24, 2.45) is 5.92 Å². The third-order valence-corrected chi connectivity index (χ3v) is 5.35. The maximum atomic E-state index is 12.6. The van der Waals surface area contributed by atoms with Gasteiger partial charge in [0.05, 0.1) is 12.7 Å². The molecular weight excluding hydrogens is 284 g/mol. The molecule has 1 saturated heterocycles. The van der Waals surface area contributed by atoms with E-state index in [0.29, 0.717) is 13.2 Å². The molecule has 1 N–H and O–H groups in total. The number of nitriles is 1. The lowest BCUT2D eigenvalue weighted by Gasteiger charge is -2.26. The molecule has 1 fully saturated rings. The zero-order chi connectivity index (χ0) is 14.7. The van der Waals surface area contributed by atoms with Gasteiger partial charge in [0.2, 0.25) is 5.91 Å². The Morgan fingerprint density at radius 2 is 2.33 bits per heavy atom. The summed E-state index contributed by atoms with van der Waals surface area (Å²) in [5.74, 6) is 1.01. The largest absolute Gasteiger partial charge is 0.381 e. The Kier molecular flexibility index (Phi) is 4.47. The number of amides is 1. The average molecular weight is 302 g/mol. The predicted molar refractivity (Wildman–Crippen MR) is 81.8 cm³/mol. The van der Waals surface area contributed by atoms with Crippen LogP contribution in [0.15, 0.2) is 24.3 Å². The van der Waals surface area contributed by atoms with Crippen LogP contribution in [0.4, 0.5) is 0 Å². The summed E-state index contributed by atoms with van der Waals surface area (Å²) < 4.78 is 5.32. The summed E-state index contributed by atoms with van der Waals surface area (Å²) in [6, 6.07) is 9.85. The third kappa shape index (κ3) is 3.07. The van der Waals surface area contributed by atoms with E-state index >= 15 is 0 Å². The highest BCUT2D eigenvalue weighted by Gasteiger charge is 2.32. The van der Waals surface area contributed by atoms with E-state index in [1.54, 1.807) is 11.8 Å². The van der Waals surface area contributed by atoms with Gasteiger partial charge in [0.1, 0.15) is 11.3 Å². The van der Waals surface area contributed by atoms with Crippen LogP contribution in [0.5, 0.6) is 0 Å². The van der Waals surface area contributed by atoms with Crippen LogP contribution in [0, 0.1) is 17.2 Å². The molecule has 0 aliphatic carbocycles. The van der Waals surface area contributed by atoms with Crippen molar-refractivity contribution in [3.05, 3.63) is 35.4 Å². The number of hydrogen-bond donors (Lipinski definition) is 1. The van der Waals surface area contributed by atoms with E-state index in [0.717, 1.165) is 24.2 Å². The monoisotopic (exact) mass is 302 g/mol. The highest BCUT2D eigenvalue weighted by molar-refractivity contribution is 8.00. The number of benzene rings is 1. The van der Waals surface area contributed by atoms with Crippen LogP contribution >= 0.6 is 11.8 Å². The molecule has 1 aromatic rings. The number of aryl methyl sites for hydroxylation is 1. The Hall–Kier alpha value is -1.51. The minimum Gasteiger partial charge on any atom is -0.381 e.